The molecule has 0 spiro atoms. The van der Waals surface area contributed by atoms with Crippen LogP contribution < -0.4 is 0 Å². The number of aryl methyl sites for hydroxylation is 2. The molecule has 0 unspecified atom stereocenters. The highest BCUT2D eigenvalue weighted by Crippen LogP contribution is 2.33. The fraction of sp³-hybridized carbons (Fsp3) is 0.176. The predicted octanol–water partition coefficient (Wildman–Crippen LogP) is 3.45. The second kappa shape index (κ2) is 5.52. The summed E-state index contributed by atoms with van der Waals surface area (Å²) >= 11 is 0. The molecule has 2 heterocycles. The number of nitro groups is 1. The molecule has 0 N–H and O–H groups in total. The third-order valence-corrected chi connectivity index (χ3v) is 3.97. The number of aromatic nitrogens is 2. The van der Waals surface area contributed by atoms with Gasteiger partial charge in [0, 0.05) is 50.0 Å². The fourth-order valence-corrected chi connectivity index (χ4v) is 2.86. The van der Waals surface area contributed by atoms with Gasteiger partial charge in [0.2, 0.25) is 0 Å². The molecule has 0 saturated carbocycles. The highest BCUT2D eigenvalue weighted by Gasteiger charge is 2.22. The number of benzene rings is 1. The summed E-state index contributed by atoms with van der Waals surface area (Å²) in [5.41, 5.74) is 3.23. The summed E-state index contributed by atoms with van der Waals surface area (Å²) in [5, 5.41) is 11.1. The molecule has 22 heavy (non-hydrogen) atoms. The van der Waals surface area contributed by atoms with E-state index in [1.165, 1.54) is 6.07 Å². The molecule has 3 rings (SSSR count). The van der Waals surface area contributed by atoms with Crippen LogP contribution in [-0.2, 0) is 14.1 Å². The van der Waals surface area contributed by atoms with Crippen molar-refractivity contribution in [1.29, 1.82) is 0 Å². The first-order valence-electron chi connectivity index (χ1n) is 7.04. The Morgan fingerprint density at radius 3 is 2.00 bits per heavy atom. The molecule has 3 aromatic rings. The molecule has 0 bridgehead atoms. The van der Waals surface area contributed by atoms with Crippen LogP contribution in [0.3, 0.4) is 0 Å². The van der Waals surface area contributed by atoms with Crippen LogP contribution in [0.1, 0.15) is 22.9 Å². The summed E-state index contributed by atoms with van der Waals surface area (Å²) in [5.74, 6) is -0.0418. The third kappa shape index (κ3) is 2.41. The van der Waals surface area contributed by atoms with Crippen molar-refractivity contribution in [2.45, 2.75) is 5.92 Å². The van der Waals surface area contributed by atoms with E-state index in [1.807, 2.05) is 44.7 Å². The van der Waals surface area contributed by atoms with Gasteiger partial charge in [-0.3, -0.25) is 10.1 Å². The lowest BCUT2D eigenvalue weighted by molar-refractivity contribution is -0.384. The zero-order chi connectivity index (χ0) is 15.7. The molecule has 0 atom stereocenters. The summed E-state index contributed by atoms with van der Waals surface area (Å²) < 4.78 is 4.10. The van der Waals surface area contributed by atoms with Crippen molar-refractivity contribution in [2.75, 3.05) is 0 Å². The quantitative estimate of drug-likeness (QED) is 0.547. The number of non-ortho nitro benzene ring substituents is 1. The van der Waals surface area contributed by atoms with Crippen molar-refractivity contribution in [3.05, 3.63) is 88.0 Å². The summed E-state index contributed by atoms with van der Waals surface area (Å²) in [6.07, 6.45) is 3.98. The molecule has 0 radical (unpaired) electrons. The summed E-state index contributed by atoms with van der Waals surface area (Å²) in [4.78, 5) is 10.7. The molecule has 0 aliphatic rings. The van der Waals surface area contributed by atoms with E-state index in [1.54, 1.807) is 12.1 Å². The highest BCUT2D eigenvalue weighted by molar-refractivity contribution is 5.44. The minimum atomic E-state index is -0.351. The number of rotatable bonds is 4. The van der Waals surface area contributed by atoms with Crippen molar-refractivity contribution < 1.29 is 4.92 Å². The smallest absolute Gasteiger partial charge is 0.269 e. The topological polar surface area (TPSA) is 53.0 Å². The number of hydrogen-bond donors (Lipinski definition) is 0. The van der Waals surface area contributed by atoms with Crippen LogP contribution in [0.25, 0.3) is 0 Å². The molecule has 0 saturated heterocycles. The molecule has 112 valence electrons. The zero-order valence-electron chi connectivity index (χ0n) is 12.5. The Labute approximate surface area is 128 Å². The monoisotopic (exact) mass is 295 g/mol. The number of nitro benzene ring substituents is 1. The van der Waals surface area contributed by atoms with E-state index >= 15 is 0 Å². The largest absolute Gasteiger partial charge is 0.354 e. The molecule has 0 aliphatic carbocycles. The lowest BCUT2D eigenvalue weighted by atomic mass is 9.92. The Kier molecular flexibility index (Phi) is 3.55. The maximum atomic E-state index is 11.1. The average Bonchev–Trinajstić information content (AvgIpc) is 3.10. The summed E-state index contributed by atoms with van der Waals surface area (Å²) in [6.45, 7) is 0. The van der Waals surface area contributed by atoms with Crippen LogP contribution in [0, 0.1) is 10.1 Å². The van der Waals surface area contributed by atoms with E-state index < -0.39 is 0 Å². The first-order valence-corrected chi connectivity index (χ1v) is 7.04. The van der Waals surface area contributed by atoms with Crippen molar-refractivity contribution in [3.8, 4) is 0 Å². The lowest BCUT2D eigenvalue weighted by Gasteiger charge is -2.20. The van der Waals surface area contributed by atoms with E-state index in [-0.39, 0.29) is 16.5 Å². The van der Waals surface area contributed by atoms with Gasteiger partial charge < -0.3 is 9.13 Å². The standard InChI is InChI=1S/C17H17N3O2/c1-18-10-4-8-15(18)17(16-9-5-11-19(16)2)13-6-3-7-14(12-13)20(21)22/h3-12,17H,1-2H3. The van der Waals surface area contributed by atoms with E-state index in [0.29, 0.717) is 0 Å². The summed E-state index contributed by atoms with van der Waals surface area (Å²) in [7, 11) is 3.98. The number of nitrogens with zero attached hydrogens (tertiary/aromatic N) is 3. The Hall–Kier alpha value is -2.82. The van der Waals surface area contributed by atoms with Gasteiger partial charge in [0.05, 0.1) is 10.8 Å². The fourth-order valence-electron chi connectivity index (χ4n) is 2.86. The number of hydrogen-bond acceptors (Lipinski definition) is 2. The molecule has 0 aliphatic heterocycles. The maximum Gasteiger partial charge on any atom is 0.269 e. The van der Waals surface area contributed by atoms with Gasteiger partial charge in [-0.1, -0.05) is 12.1 Å². The van der Waals surface area contributed by atoms with Crippen LogP contribution in [0.2, 0.25) is 0 Å². The van der Waals surface area contributed by atoms with Crippen LogP contribution in [0.15, 0.2) is 60.9 Å². The second-order valence-corrected chi connectivity index (χ2v) is 5.37. The van der Waals surface area contributed by atoms with Crippen LogP contribution >= 0.6 is 0 Å². The van der Waals surface area contributed by atoms with Gasteiger partial charge in [-0.05, 0) is 29.8 Å². The van der Waals surface area contributed by atoms with Gasteiger partial charge in [-0.2, -0.15) is 0 Å². The molecule has 5 nitrogen and oxygen atoms in total. The normalized spacial score (nSPS) is 11.0. The van der Waals surface area contributed by atoms with Gasteiger partial charge in [-0.25, -0.2) is 0 Å². The van der Waals surface area contributed by atoms with E-state index in [4.69, 9.17) is 0 Å². The maximum absolute atomic E-state index is 11.1. The predicted molar refractivity (Wildman–Crippen MR) is 84.9 cm³/mol. The SMILES string of the molecule is Cn1cccc1C(c1cccc([N+](=O)[O-])c1)c1cccn1C. The minimum Gasteiger partial charge on any atom is -0.354 e. The van der Waals surface area contributed by atoms with Crippen LogP contribution in [-0.4, -0.2) is 14.1 Å². The Bertz CT molecular complexity index is 776. The average molecular weight is 295 g/mol. The summed E-state index contributed by atoms with van der Waals surface area (Å²) in [6, 6.07) is 14.9. The minimum absolute atomic E-state index is 0.0418. The van der Waals surface area contributed by atoms with Crippen molar-refractivity contribution in [1.82, 2.24) is 9.13 Å². The van der Waals surface area contributed by atoms with Gasteiger partial charge in [-0.15, -0.1) is 0 Å². The molecule has 1 aromatic carbocycles. The molecule has 0 fully saturated rings. The first kappa shape index (κ1) is 14.1. The molecular formula is C17H17N3O2. The first-order chi connectivity index (χ1) is 10.6. The molecule has 0 amide bonds. The molecule has 2 aromatic heterocycles. The Balaban J connectivity index is 2.18. The van der Waals surface area contributed by atoms with Gasteiger partial charge in [0.1, 0.15) is 0 Å². The van der Waals surface area contributed by atoms with Crippen molar-refractivity contribution in [2.24, 2.45) is 14.1 Å². The third-order valence-electron chi connectivity index (χ3n) is 3.97. The molecule has 5 heteroatoms. The lowest BCUT2D eigenvalue weighted by Crippen LogP contribution is -2.11. The molecular weight excluding hydrogens is 278 g/mol. The second-order valence-electron chi connectivity index (χ2n) is 5.37. The zero-order valence-corrected chi connectivity index (χ0v) is 12.5. The van der Waals surface area contributed by atoms with E-state index in [0.717, 1.165) is 17.0 Å². The van der Waals surface area contributed by atoms with Gasteiger partial charge in [0.25, 0.3) is 5.69 Å². The van der Waals surface area contributed by atoms with Crippen LogP contribution in [0.4, 0.5) is 5.69 Å². The van der Waals surface area contributed by atoms with Gasteiger partial charge >= 0.3 is 0 Å². The highest BCUT2D eigenvalue weighted by atomic mass is 16.6. The van der Waals surface area contributed by atoms with E-state index in [9.17, 15) is 10.1 Å². The van der Waals surface area contributed by atoms with E-state index in [2.05, 4.69) is 21.3 Å². The van der Waals surface area contributed by atoms with Crippen molar-refractivity contribution in [3.63, 3.8) is 0 Å². The van der Waals surface area contributed by atoms with Crippen LogP contribution in [0.5, 0.6) is 0 Å². The Morgan fingerprint density at radius 2 is 1.55 bits per heavy atom. The Morgan fingerprint density at radius 1 is 0.955 bits per heavy atom. The van der Waals surface area contributed by atoms with Crippen molar-refractivity contribution >= 4 is 5.69 Å². The van der Waals surface area contributed by atoms with Gasteiger partial charge in [0.15, 0.2) is 0 Å².